The first kappa shape index (κ1) is 18.4. The van der Waals surface area contributed by atoms with Gasteiger partial charge in [-0.05, 0) is 18.9 Å². The van der Waals surface area contributed by atoms with Gasteiger partial charge in [0.25, 0.3) is 0 Å². The molecule has 0 radical (unpaired) electrons. The van der Waals surface area contributed by atoms with Crippen LogP contribution in [0, 0.1) is 5.92 Å². The van der Waals surface area contributed by atoms with E-state index >= 15 is 0 Å². The average molecular weight is 274 g/mol. The molecule has 1 unspecified atom stereocenters. The number of carbonyl (C=O) groups excluding carboxylic acids is 1. The molecule has 0 heterocycles. The predicted octanol–water partition coefficient (Wildman–Crippen LogP) is 1.13. The van der Waals surface area contributed by atoms with Crippen LogP contribution < -0.4 is 5.32 Å². The van der Waals surface area contributed by atoms with E-state index in [1.54, 1.807) is 7.11 Å². The van der Waals surface area contributed by atoms with Crippen molar-refractivity contribution < 1.29 is 14.3 Å². The molecule has 0 fully saturated rings. The van der Waals surface area contributed by atoms with Crippen LogP contribution in [0.2, 0.25) is 0 Å². The fraction of sp³-hybridized carbons (Fsp3) is 0.929. The zero-order valence-electron chi connectivity index (χ0n) is 13.1. The van der Waals surface area contributed by atoms with Gasteiger partial charge < -0.3 is 19.7 Å². The van der Waals surface area contributed by atoms with Crippen LogP contribution in [0.3, 0.4) is 0 Å². The molecule has 0 aromatic carbocycles. The highest BCUT2D eigenvalue weighted by Gasteiger charge is 2.19. The number of hydrogen-bond acceptors (Lipinski definition) is 5. The van der Waals surface area contributed by atoms with Gasteiger partial charge >= 0.3 is 5.97 Å². The van der Waals surface area contributed by atoms with Crippen LogP contribution in [0.4, 0.5) is 0 Å². The maximum Gasteiger partial charge on any atom is 0.322 e. The molecule has 0 aliphatic heterocycles. The number of carbonyl (C=O) groups is 1. The lowest BCUT2D eigenvalue weighted by Crippen LogP contribution is -2.41. The molecule has 0 aromatic heterocycles. The second-order valence-electron chi connectivity index (χ2n) is 5.11. The molecule has 0 aromatic rings. The van der Waals surface area contributed by atoms with Gasteiger partial charge in [-0.3, -0.25) is 4.79 Å². The SMILES string of the molecule is CCNC(CCN(CCOC)CC(C)C)C(=O)OC. The number of ether oxygens (including phenoxy) is 2. The third kappa shape index (κ3) is 8.97. The number of rotatable bonds is 11. The quantitative estimate of drug-likeness (QED) is 0.572. The summed E-state index contributed by atoms with van der Waals surface area (Å²) in [6.07, 6.45) is 0.761. The summed E-state index contributed by atoms with van der Waals surface area (Å²) in [6.45, 7) is 10.7. The van der Waals surface area contributed by atoms with Gasteiger partial charge in [-0.15, -0.1) is 0 Å². The van der Waals surface area contributed by atoms with Crippen LogP contribution in [0.1, 0.15) is 27.2 Å². The fourth-order valence-corrected chi connectivity index (χ4v) is 2.03. The first-order valence-electron chi connectivity index (χ1n) is 7.07. The number of nitrogens with one attached hydrogen (secondary N) is 1. The van der Waals surface area contributed by atoms with Crippen LogP contribution in [-0.2, 0) is 14.3 Å². The number of methoxy groups -OCH3 is 2. The molecule has 0 saturated carbocycles. The summed E-state index contributed by atoms with van der Waals surface area (Å²) < 4.78 is 9.94. The fourth-order valence-electron chi connectivity index (χ4n) is 2.03. The summed E-state index contributed by atoms with van der Waals surface area (Å²) in [5.41, 5.74) is 0. The molecule has 1 atom stereocenters. The molecule has 1 N–H and O–H groups in total. The van der Waals surface area contributed by atoms with Crippen molar-refractivity contribution in [2.45, 2.75) is 33.2 Å². The van der Waals surface area contributed by atoms with Gasteiger partial charge in [-0.1, -0.05) is 20.8 Å². The summed E-state index contributed by atoms with van der Waals surface area (Å²) >= 11 is 0. The van der Waals surface area contributed by atoms with Gasteiger partial charge in [-0.25, -0.2) is 0 Å². The van der Waals surface area contributed by atoms with Gasteiger partial charge in [0.2, 0.25) is 0 Å². The number of nitrogens with zero attached hydrogens (tertiary/aromatic N) is 1. The van der Waals surface area contributed by atoms with Crippen molar-refractivity contribution in [1.82, 2.24) is 10.2 Å². The minimum absolute atomic E-state index is 0.182. The van der Waals surface area contributed by atoms with E-state index in [2.05, 4.69) is 24.1 Å². The highest BCUT2D eigenvalue weighted by atomic mass is 16.5. The molecular weight excluding hydrogens is 244 g/mol. The highest BCUT2D eigenvalue weighted by molar-refractivity contribution is 5.75. The lowest BCUT2D eigenvalue weighted by molar-refractivity contribution is -0.143. The monoisotopic (exact) mass is 274 g/mol. The normalized spacial score (nSPS) is 13.0. The van der Waals surface area contributed by atoms with Crippen LogP contribution in [0.25, 0.3) is 0 Å². The van der Waals surface area contributed by atoms with E-state index in [1.165, 1.54) is 7.11 Å². The van der Waals surface area contributed by atoms with Crippen molar-refractivity contribution in [1.29, 1.82) is 0 Å². The largest absolute Gasteiger partial charge is 0.468 e. The standard InChI is InChI=1S/C14H30N2O3/c1-6-15-13(14(17)19-5)7-8-16(9-10-18-4)11-12(2)3/h12-13,15H,6-11H2,1-5H3. The molecule has 0 spiro atoms. The van der Waals surface area contributed by atoms with Crippen molar-refractivity contribution >= 4 is 5.97 Å². The molecule has 0 amide bonds. The van der Waals surface area contributed by atoms with Gasteiger partial charge in [0.1, 0.15) is 6.04 Å². The molecule has 0 aliphatic rings. The van der Waals surface area contributed by atoms with Crippen LogP contribution in [0.5, 0.6) is 0 Å². The van der Waals surface area contributed by atoms with E-state index in [4.69, 9.17) is 9.47 Å². The van der Waals surface area contributed by atoms with Crippen molar-refractivity contribution in [3.8, 4) is 0 Å². The Labute approximate surface area is 117 Å². The molecule has 0 aliphatic carbocycles. The summed E-state index contributed by atoms with van der Waals surface area (Å²) in [6, 6.07) is -0.216. The summed E-state index contributed by atoms with van der Waals surface area (Å²) in [5.74, 6) is 0.422. The first-order valence-corrected chi connectivity index (χ1v) is 7.07. The molecule has 0 rings (SSSR count). The van der Waals surface area contributed by atoms with Crippen LogP contribution in [-0.4, -0.2) is 63.9 Å². The smallest absolute Gasteiger partial charge is 0.322 e. The Balaban J connectivity index is 4.26. The molecular formula is C14H30N2O3. The lowest BCUT2D eigenvalue weighted by Gasteiger charge is -2.25. The summed E-state index contributed by atoms with van der Waals surface area (Å²) in [7, 11) is 3.15. The molecule has 19 heavy (non-hydrogen) atoms. The second kappa shape index (κ2) is 11.2. The molecule has 5 nitrogen and oxygen atoms in total. The zero-order valence-corrected chi connectivity index (χ0v) is 13.1. The van der Waals surface area contributed by atoms with E-state index < -0.39 is 0 Å². The van der Waals surface area contributed by atoms with Crippen LogP contribution in [0.15, 0.2) is 0 Å². The van der Waals surface area contributed by atoms with Crippen LogP contribution >= 0.6 is 0 Å². The topological polar surface area (TPSA) is 50.8 Å². The number of hydrogen-bond donors (Lipinski definition) is 1. The Hall–Kier alpha value is -0.650. The Morgan fingerprint density at radius 3 is 2.42 bits per heavy atom. The minimum atomic E-state index is -0.216. The van der Waals surface area contributed by atoms with Crippen molar-refractivity contribution in [2.75, 3.05) is 47.0 Å². The summed E-state index contributed by atoms with van der Waals surface area (Å²) in [4.78, 5) is 14.0. The maximum atomic E-state index is 11.6. The highest BCUT2D eigenvalue weighted by Crippen LogP contribution is 2.03. The molecule has 114 valence electrons. The summed E-state index contributed by atoms with van der Waals surface area (Å²) in [5, 5.41) is 3.17. The third-order valence-corrected chi connectivity index (χ3v) is 2.91. The maximum absolute atomic E-state index is 11.6. The van der Waals surface area contributed by atoms with Gasteiger partial charge in [0.05, 0.1) is 13.7 Å². The Morgan fingerprint density at radius 1 is 1.26 bits per heavy atom. The van der Waals surface area contributed by atoms with Gasteiger partial charge in [-0.2, -0.15) is 0 Å². The van der Waals surface area contributed by atoms with E-state index in [0.29, 0.717) is 5.92 Å². The van der Waals surface area contributed by atoms with E-state index in [9.17, 15) is 4.79 Å². The minimum Gasteiger partial charge on any atom is -0.468 e. The Morgan fingerprint density at radius 2 is 1.95 bits per heavy atom. The Bertz CT molecular complexity index is 235. The van der Waals surface area contributed by atoms with Gasteiger partial charge in [0.15, 0.2) is 0 Å². The lowest BCUT2D eigenvalue weighted by atomic mass is 10.1. The molecule has 0 bridgehead atoms. The predicted molar refractivity (Wildman–Crippen MR) is 77.3 cm³/mol. The van der Waals surface area contributed by atoms with E-state index in [-0.39, 0.29) is 12.0 Å². The zero-order chi connectivity index (χ0) is 14.7. The average Bonchev–Trinajstić information content (AvgIpc) is 2.38. The van der Waals surface area contributed by atoms with Crippen molar-refractivity contribution in [2.24, 2.45) is 5.92 Å². The third-order valence-electron chi connectivity index (χ3n) is 2.91. The van der Waals surface area contributed by atoms with Gasteiger partial charge in [0, 0.05) is 26.7 Å². The number of esters is 1. The van der Waals surface area contributed by atoms with E-state index in [0.717, 1.165) is 39.2 Å². The molecule has 0 saturated heterocycles. The second-order valence-corrected chi connectivity index (χ2v) is 5.11. The van der Waals surface area contributed by atoms with Crippen molar-refractivity contribution in [3.05, 3.63) is 0 Å². The Kier molecular flexibility index (Phi) is 10.8. The molecule has 5 heteroatoms. The van der Waals surface area contributed by atoms with Crippen molar-refractivity contribution in [3.63, 3.8) is 0 Å². The first-order chi connectivity index (χ1) is 9.04. The van der Waals surface area contributed by atoms with E-state index in [1.807, 2.05) is 6.92 Å². The number of likely N-dealkylation sites (N-methyl/N-ethyl adjacent to an activating group) is 1.